The second-order valence-corrected chi connectivity index (χ2v) is 26.8. The minimum absolute atomic E-state index is 0.0971. The van der Waals surface area contributed by atoms with Gasteiger partial charge in [0.25, 0.3) is 0 Å². The number of halogens is 4. The molecule has 9 N–H and O–H groups in total. The van der Waals surface area contributed by atoms with Gasteiger partial charge >= 0.3 is 5.97 Å². The fraction of sp³-hybridized carbons (Fsp3) is 0.186. The van der Waals surface area contributed by atoms with Crippen LogP contribution in [0.15, 0.2) is 171 Å². The number of rotatable bonds is 18. The van der Waals surface area contributed by atoms with E-state index >= 15 is 0 Å². The Balaban J connectivity index is 0.000000185. The Morgan fingerprint density at radius 2 is 0.791 bits per heavy atom. The Morgan fingerprint density at radius 3 is 1.13 bits per heavy atom. The van der Waals surface area contributed by atoms with Crippen LogP contribution < -0.4 is 22.9 Å². The van der Waals surface area contributed by atoms with Crippen LogP contribution in [0.4, 0.5) is 11.6 Å². The summed E-state index contributed by atoms with van der Waals surface area (Å²) in [5.74, 6) is -1.40. The van der Waals surface area contributed by atoms with E-state index in [2.05, 4.69) is 24.9 Å². The first-order chi connectivity index (χ1) is 40.6. The van der Waals surface area contributed by atoms with Gasteiger partial charge in [0, 0.05) is 83.6 Å². The largest absolute Gasteiger partial charge is 0.480 e. The number of hydrogen-bond donors (Lipinski definition) is 5. The van der Waals surface area contributed by atoms with Crippen molar-refractivity contribution in [3.8, 4) is 0 Å². The number of aromatic nitrogens is 3. The molecule has 6 aromatic carbocycles. The highest BCUT2D eigenvalue weighted by atomic mass is 35.5. The maximum Gasteiger partial charge on any atom is 0.318 e. The number of aliphatic imine (C=N–C) groups is 2. The molecule has 0 spiro atoms. The molecule has 0 aliphatic carbocycles. The standard InChI is InChI=1S/C20H20ClN5O4S.C20H22ClN5O2S.C19H18Cl2N2O2S/c1-12-3-2-4-13(7-12)10-26(11-18(27)28)31(29,30)14-5-6-15-16(8-14)19(25-20(22)23)24-9-17(15)21;1-3-26(12-14-6-4-5-13(2)9-14)29(27,28)15-7-8-16-17(10-15)19(25-20(22)23)24-11-18(16)21;1-3-23(12-14-6-4-5-13(2)9-14)26(24,25)15-7-8-16-17(10-15)19(21)22-11-18(16)20/h2-9H,10-11H2,1H3,(H,27,28)(H4,22,23,24,25);4-11H,3,12H2,1-2H3,(H4,22,23,24,25);4-11H,3,12H2,1-2H3. The molecule has 0 fully saturated rings. The number of guanidine groups is 2. The summed E-state index contributed by atoms with van der Waals surface area (Å²) in [6, 6.07) is 36.4. The molecule has 0 unspecified atom stereocenters. The molecule has 450 valence electrons. The highest BCUT2D eigenvalue weighted by molar-refractivity contribution is 7.89. The smallest absolute Gasteiger partial charge is 0.318 e. The first-order valence-electron chi connectivity index (χ1n) is 26.1. The molecule has 3 aromatic heterocycles. The first kappa shape index (κ1) is 66.0. The van der Waals surface area contributed by atoms with Gasteiger partial charge in [0.05, 0.1) is 29.8 Å². The van der Waals surface area contributed by atoms with Crippen molar-refractivity contribution >= 4 is 138 Å². The van der Waals surface area contributed by atoms with Gasteiger partial charge < -0.3 is 28.0 Å². The molecule has 0 aliphatic heterocycles. The van der Waals surface area contributed by atoms with Crippen molar-refractivity contribution < 1.29 is 35.2 Å². The second kappa shape index (κ2) is 28.3. The normalized spacial score (nSPS) is 11.8. The molecule has 9 rings (SSSR count). The number of carbonyl (C=O) groups is 1. The van der Waals surface area contributed by atoms with E-state index in [-0.39, 0.29) is 61.5 Å². The third-order valence-electron chi connectivity index (χ3n) is 13.1. The van der Waals surface area contributed by atoms with Crippen LogP contribution in [0.5, 0.6) is 0 Å². The van der Waals surface area contributed by atoms with Crippen molar-refractivity contribution in [1.29, 1.82) is 0 Å². The fourth-order valence-electron chi connectivity index (χ4n) is 9.01. The van der Waals surface area contributed by atoms with Gasteiger partial charge in [0.2, 0.25) is 30.1 Å². The van der Waals surface area contributed by atoms with E-state index in [4.69, 9.17) is 69.3 Å². The molecule has 0 saturated heterocycles. The second-order valence-electron chi connectivity index (χ2n) is 19.4. The monoisotopic (exact) mass is 1300 g/mol. The molecule has 0 atom stereocenters. The van der Waals surface area contributed by atoms with E-state index in [0.29, 0.717) is 67.6 Å². The van der Waals surface area contributed by atoms with E-state index in [1.54, 1.807) is 43.3 Å². The molecule has 0 saturated carbocycles. The quantitative estimate of drug-likeness (QED) is 0.0303. The molecular formula is C59H60Cl4N12O8S3. The number of nitrogens with zero attached hydrogens (tertiary/aromatic N) is 8. The number of hydrogen-bond acceptors (Lipinski definition) is 12. The fourth-order valence-corrected chi connectivity index (χ4v) is 14.2. The highest BCUT2D eigenvalue weighted by Crippen LogP contribution is 2.35. The van der Waals surface area contributed by atoms with Crippen LogP contribution in [0.2, 0.25) is 20.2 Å². The zero-order chi connectivity index (χ0) is 62.8. The van der Waals surface area contributed by atoms with Gasteiger partial charge in [0.1, 0.15) is 11.7 Å². The Bertz CT molecular complexity index is 4440. The summed E-state index contributed by atoms with van der Waals surface area (Å²) in [7, 11) is -11.6. The van der Waals surface area contributed by atoms with Gasteiger partial charge in [0.15, 0.2) is 23.6 Å². The molecule has 9 aromatic rings. The van der Waals surface area contributed by atoms with Crippen molar-refractivity contribution in [3.05, 3.63) is 200 Å². The molecule has 0 radical (unpaired) electrons. The molecule has 20 nitrogen and oxygen atoms in total. The summed E-state index contributed by atoms with van der Waals surface area (Å²) in [5.41, 5.74) is 27.5. The maximum absolute atomic E-state index is 13.3. The Labute approximate surface area is 518 Å². The number of aliphatic carboxylic acids is 1. The van der Waals surface area contributed by atoms with Crippen LogP contribution in [0.25, 0.3) is 32.3 Å². The summed E-state index contributed by atoms with van der Waals surface area (Å²) in [4.78, 5) is 31.6. The van der Waals surface area contributed by atoms with E-state index < -0.39 is 42.6 Å². The summed E-state index contributed by atoms with van der Waals surface area (Å²) in [5, 5.41) is 13.7. The van der Waals surface area contributed by atoms with Crippen molar-refractivity contribution in [1.82, 2.24) is 27.9 Å². The van der Waals surface area contributed by atoms with Crippen LogP contribution >= 0.6 is 46.4 Å². The molecule has 3 heterocycles. The lowest BCUT2D eigenvalue weighted by Crippen LogP contribution is -2.35. The van der Waals surface area contributed by atoms with E-state index in [1.165, 1.54) is 63.6 Å². The summed E-state index contributed by atoms with van der Waals surface area (Å²) < 4.78 is 83.3. The minimum atomic E-state index is -4.19. The van der Waals surface area contributed by atoms with Crippen LogP contribution in [0, 0.1) is 20.8 Å². The lowest BCUT2D eigenvalue weighted by atomic mass is 10.1. The predicted octanol–water partition coefficient (Wildman–Crippen LogP) is 10.8. The average molecular weight is 1300 g/mol. The van der Waals surface area contributed by atoms with E-state index in [9.17, 15) is 35.2 Å². The first-order valence-corrected chi connectivity index (χ1v) is 31.9. The lowest BCUT2D eigenvalue weighted by Gasteiger charge is -2.21. The number of sulfonamides is 3. The summed E-state index contributed by atoms with van der Waals surface area (Å²) in [6.45, 7) is 9.88. The molecule has 86 heavy (non-hydrogen) atoms. The van der Waals surface area contributed by atoms with Gasteiger partial charge in [-0.3, -0.25) is 4.79 Å². The number of fused-ring (bicyclic) bond motifs is 3. The van der Waals surface area contributed by atoms with Gasteiger partial charge in [-0.05, 0) is 73.9 Å². The number of pyridine rings is 3. The van der Waals surface area contributed by atoms with Crippen molar-refractivity contribution in [2.45, 2.75) is 68.9 Å². The summed E-state index contributed by atoms with van der Waals surface area (Å²) >= 11 is 24.6. The number of benzene rings is 6. The third kappa shape index (κ3) is 16.1. The number of carboxylic acids is 1. The van der Waals surface area contributed by atoms with Gasteiger partial charge in [-0.1, -0.05) is 168 Å². The number of nitrogens with two attached hydrogens (primary N) is 4. The zero-order valence-corrected chi connectivity index (χ0v) is 52.5. The Hall–Kier alpha value is -7.55. The van der Waals surface area contributed by atoms with E-state index in [1.807, 2.05) is 82.3 Å². The molecular weight excluding hydrogens is 1240 g/mol. The van der Waals surface area contributed by atoms with Gasteiger partial charge in [-0.25, -0.2) is 40.2 Å². The maximum atomic E-state index is 13.3. The third-order valence-corrected chi connectivity index (χ3v) is 19.9. The van der Waals surface area contributed by atoms with Crippen LogP contribution in [-0.4, -0.2) is 95.8 Å². The lowest BCUT2D eigenvalue weighted by molar-refractivity contribution is -0.137. The molecule has 0 bridgehead atoms. The number of carboxylic acid groups (broad SMARTS) is 1. The zero-order valence-electron chi connectivity index (χ0n) is 47.0. The SMILES string of the molecule is CCN(Cc1cccc(C)c1)S(=O)(=O)c1ccc2c(Cl)cnc(Cl)c2c1.CCN(Cc1cccc(C)c1)S(=O)(=O)c1ccc2c(Cl)cnc(N=C(N)N)c2c1.Cc1cccc(CN(CC(=O)O)S(=O)(=O)c2ccc3c(Cl)cnc(N=C(N)N)c3c2)c1. The minimum Gasteiger partial charge on any atom is -0.480 e. The van der Waals surface area contributed by atoms with Crippen molar-refractivity contribution in [2.24, 2.45) is 32.9 Å². The molecule has 27 heteroatoms. The summed E-state index contributed by atoms with van der Waals surface area (Å²) in [6.07, 6.45) is 4.24. The van der Waals surface area contributed by atoms with Gasteiger partial charge in [-0.2, -0.15) is 22.9 Å². The molecule has 0 aliphatic rings. The van der Waals surface area contributed by atoms with Crippen LogP contribution in [0.1, 0.15) is 47.2 Å². The van der Waals surface area contributed by atoms with Crippen molar-refractivity contribution in [3.63, 3.8) is 0 Å². The Morgan fingerprint density at radius 1 is 0.465 bits per heavy atom. The van der Waals surface area contributed by atoms with E-state index in [0.717, 1.165) is 32.1 Å². The van der Waals surface area contributed by atoms with Gasteiger partial charge in [-0.15, -0.1) is 0 Å². The Kier molecular flexibility index (Phi) is 21.7. The topological polar surface area (TPSA) is 317 Å². The highest BCUT2D eigenvalue weighted by Gasteiger charge is 2.29. The van der Waals surface area contributed by atoms with Crippen molar-refractivity contribution in [2.75, 3.05) is 19.6 Å². The molecule has 0 amide bonds. The van der Waals surface area contributed by atoms with Crippen LogP contribution in [-0.2, 0) is 54.5 Å². The predicted molar refractivity (Wildman–Crippen MR) is 342 cm³/mol. The van der Waals surface area contributed by atoms with Crippen LogP contribution in [0.3, 0.4) is 0 Å². The number of aryl methyl sites for hydroxylation is 3. The average Bonchev–Trinajstić information content (AvgIpc) is 0.894.